The molecule has 0 amide bonds. The molecule has 0 spiro atoms. The first-order valence-electron chi connectivity index (χ1n) is 5.62. The molecule has 2 heterocycles. The average molecular weight is 255 g/mol. The van der Waals surface area contributed by atoms with E-state index < -0.39 is 0 Å². The van der Waals surface area contributed by atoms with Crippen LogP contribution in [0.15, 0.2) is 0 Å². The first-order valence-corrected chi connectivity index (χ1v) is 6.43. The molecule has 1 saturated heterocycles. The number of hydrogen-bond donors (Lipinski definition) is 0. The minimum atomic E-state index is 0.401. The number of aldehydes is 1. The Kier molecular flexibility index (Phi) is 4.09. The number of likely N-dealkylation sites (N-methyl/N-ethyl adjacent to an activating group) is 1. The van der Waals surface area contributed by atoms with E-state index in [9.17, 15) is 4.79 Å². The molecule has 1 aliphatic rings. The molecule has 17 heavy (non-hydrogen) atoms. The van der Waals surface area contributed by atoms with Crippen LogP contribution in [0.4, 0.5) is 5.13 Å². The normalized spacial score (nSPS) is 17.4. The van der Waals surface area contributed by atoms with Gasteiger partial charge in [-0.05, 0) is 7.05 Å². The minimum absolute atomic E-state index is 0.401. The molecular weight excluding hydrogens is 238 g/mol. The molecular formula is C11H17N3O2S. The number of thiazole rings is 1. The van der Waals surface area contributed by atoms with Crippen molar-refractivity contribution in [2.24, 2.45) is 0 Å². The highest BCUT2D eigenvalue weighted by Crippen LogP contribution is 2.26. The minimum Gasteiger partial charge on any atom is -0.378 e. The summed E-state index contributed by atoms with van der Waals surface area (Å²) in [5.74, 6) is 0. The Morgan fingerprint density at radius 3 is 2.71 bits per heavy atom. The lowest BCUT2D eigenvalue weighted by Gasteiger charge is -2.32. The van der Waals surface area contributed by atoms with Crippen LogP contribution in [0.2, 0.25) is 0 Å². The fourth-order valence-electron chi connectivity index (χ4n) is 1.82. The molecule has 0 bridgehead atoms. The molecule has 0 radical (unpaired) electrons. The third-order valence-corrected chi connectivity index (χ3v) is 3.96. The van der Waals surface area contributed by atoms with Crippen LogP contribution < -0.4 is 4.90 Å². The molecule has 2 rings (SSSR count). The number of rotatable bonds is 4. The van der Waals surface area contributed by atoms with Crippen LogP contribution in [-0.4, -0.2) is 56.5 Å². The summed E-state index contributed by atoms with van der Waals surface area (Å²) in [6.45, 7) is 4.41. The largest absolute Gasteiger partial charge is 0.378 e. The molecule has 1 fully saturated rings. The van der Waals surface area contributed by atoms with Crippen LogP contribution in [0.1, 0.15) is 15.4 Å². The third-order valence-electron chi connectivity index (χ3n) is 2.88. The topological polar surface area (TPSA) is 45.7 Å². The van der Waals surface area contributed by atoms with E-state index in [2.05, 4.69) is 21.8 Å². The standard InChI is InChI=1S/C11H17N3O2S/c1-13-3-5-14(6-4-13)11-12-9(8-16-2)10(7-15)17-11/h7H,3-6,8H2,1-2H3. The number of methoxy groups -OCH3 is 1. The Balaban J connectivity index is 2.12. The summed E-state index contributed by atoms with van der Waals surface area (Å²) in [5.41, 5.74) is 0.751. The van der Waals surface area contributed by atoms with E-state index in [0.717, 1.165) is 43.3 Å². The molecule has 6 heteroatoms. The van der Waals surface area contributed by atoms with Gasteiger partial charge in [-0.3, -0.25) is 4.79 Å². The molecule has 0 atom stereocenters. The smallest absolute Gasteiger partial charge is 0.186 e. The number of piperazine rings is 1. The zero-order chi connectivity index (χ0) is 12.3. The van der Waals surface area contributed by atoms with Gasteiger partial charge in [-0.1, -0.05) is 11.3 Å². The number of anilines is 1. The lowest BCUT2D eigenvalue weighted by atomic mass is 10.3. The second kappa shape index (κ2) is 5.57. The first kappa shape index (κ1) is 12.5. The fraction of sp³-hybridized carbons (Fsp3) is 0.636. The Labute approximate surface area is 105 Å². The van der Waals surface area contributed by atoms with Crippen LogP contribution >= 0.6 is 11.3 Å². The van der Waals surface area contributed by atoms with Crippen LogP contribution in [0.5, 0.6) is 0 Å². The van der Waals surface area contributed by atoms with Crippen molar-refractivity contribution in [1.29, 1.82) is 0 Å². The Morgan fingerprint density at radius 1 is 1.41 bits per heavy atom. The molecule has 1 aromatic heterocycles. The Morgan fingerprint density at radius 2 is 2.12 bits per heavy atom. The van der Waals surface area contributed by atoms with Crippen LogP contribution in [0.25, 0.3) is 0 Å². The summed E-state index contributed by atoms with van der Waals surface area (Å²) in [5, 5.41) is 0.937. The van der Waals surface area contributed by atoms with Crippen molar-refractivity contribution in [3.05, 3.63) is 10.6 Å². The van der Waals surface area contributed by atoms with E-state index in [1.165, 1.54) is 11.3 Å². The highest BCUT2D eigenvalue weighted by Gasteiger charge is 2.19. The van der Waals surface area contributed by atoms with Crippen LogP contribution in [-0.2, 0) is 11.3 Å². The molecule has 1 aromatic rings. The van der Waals surface area contributed by atoms with Gasteiger partial charge >= 0.3 is 0 Å². The van der Waals surface area contributed by atoms with Crippen molar-refractivity contribution in [2.75, 3.05) is 45.2 Å². The zero-order valence-electron chi connectivity index (χ0n) is 10.2. The van der Waals surface area contributed by atoms with Crippen molar-refractivity contribution in [1.82, 2.24) is 9.88 Å². The highest BCUT2D eigenvalue weighted by atomic mass is 32.1. The van der Waals surface area contributed by atoms with Crippen molar-refractivity contribution in [3.8, 4) is 0 Å². The lowest BCUT2D eigenvalue weighted by Crippen LogP contribution is -2.44. The SMILES string of the molecule is COCc1nc(N2CCN(C)CC2)sc1C=O. The van der Waals surface area contributed by atoms with Gasteiger partial charge in [-0.15, -0.1) is 0 Å². The van der Waals surface area contributed by atoms with Gasteiger partial charge in [0, 0.05) is 33.3 Å². The fourth-order valence-corrected chi connectivity index (χ4v) is 2.75. The van der Waals surface area contributed by atoms with Gasteiger partial charge in [-0.25, -0.2) is 4.98 Å². The summed E-state index contributed by atoms with van der Waals surface area (Å²) >= 11 is 1.46. The summed E-state index contributed by atoms with van der Waals surface area (Å²) in [4.78, 5) is 20.6. The molecule has 1 aliphatic heterocycles. The van der Waals surface area contributed by atoms with E-state index in [-0.39, 0.29) is 0 Å². The molecule has 0 N–H and O–H groups in total. The van der Waals surface area contributed by atoms with E-state index in [4.69, 9.17) is 4.74 Å². The Hall–Kier alpha value is -0.980. The number of ether oxygens (including phenoxy) is 1. The first-order chi connectivity index (χ1) is 8.24. The number of nitrogens with zero attached hydrogens (tertiary/aromatic N) is 3. The summed E-state index contributed by atoms with van der Waals surface area (Å²) in [6, 6.07) is 0. The second-order valence-electron chi connectivity index (χ2n) is 4.15. The van der Waals surface area contributed by atoms with Gasteiger partial charge in [0.2, 0.25) is 0 Å². The number of carbonyl (C=O) groups excluding carboxylic acids is 1. The molecule has 94 valence electrons. The molecule has 0 aliphatic carbocycles. The molecule has 5 nitrogen and oxygen atoms in total. The average Bonchev–Trinajstić information content (AvgIpc) is 2.74. The number of carbonyl (C=O) groups is 1. The van der Waals surface area contributed by atoms with Gasteiger partial charge in [0.25, 0.3) is 0 Å². The van der Waals surface area contributed by atoms with E-state index in [1.54, 1.807) is 7.11 Å². The highest BCUT2D eigenvalue weighted by molar-refractivity contribution is 7.17. The lowest BCUT2D eigenvalue weighted by molar-refractivity contribution is 0.112. The van der Waals surface area contributed by atoms with E-state index in [0.29, 0.717) is 11.5 Å². The summed E-state index contributed by atoms with van der Waals surface area (Å²) in [6.07, 6.45) is 0.867. The monoisotopic (exact) mass is 255 g/mol. The van der Waals surface area contributed by atoms with Gasteiger partial charge < -0.3 is 14.5 Å². The summed E-state index contributed by atoms with van der Waals surface area (Å²) < 4.78 is 5.05. The van der Waals surface area contributed by atoms with Crippen molar-refractivity contribution in [2.45, 2.75) is 6.61 Å². The van der Waals surface area contributed by atoms with E-state index in [1.807, 2.05) is 0 Å². The van der Waals surface area contributed by atoms with Gasteiger partial charge in [0.15, 0.2) is 11.4 Å². The predicted octanol–water partition coefficient (Wildman–Crippen LogP) is 0.854. The quantitative estimate of drug-likeness (QED) is 0.747. The van der Waals surface area contributed by atoms with Crippen molar-refractivity contribution in [3.63, 3.8) is 0 Å². The van der Waals surface area contributed by atoms with Gasteiger partial charge in [0.05, 0.1) is 17.2 Å². The molecule has 0 aromatic carbocycles. The van der Waals surface area contributed by atoms with Crippen LogP contribution in [0, 0.1) is 0 Å². The maximum Gasteiger partial charge on any atom is 0.186 e. The third kappa shape index (κ3) is 2.83. The van der Waals surface area contributed by atoms with Crippen molar-refractivity contribution < 1.29 is 9.53 Å². The molecule has 0 unspecified atom stereocenters. The van der Waals surface area contributed by atoms with E-state index >= 15 is 0 Å². The summed E-state index contributed by atoms with van der Waals surface area (Å²) in [7, 11) is 3.73. The second-order valence-corrected chi connectivity index (χ2v) is 5.16. The van der Waals surface area contributed by atoms with Crippen LogP contribution in [0.3, 0.4) is 0 Å². The maximum absolute atomic E-state index is 10.9. The van der Waals surface area contributed by atoms with Gasteiger partial charge in [0.1, 0.15) is 0 Å². The number of aromatic nitrogens is 1. The zero-order valence-corrected chi connectivity index (χ0v) is 11.0. The number of hydrogen-bond acceptors (Lipinski definition) is 6. The van der Waals surface area contributed by atoms with Gasteiger partial charge in [-0.2, -0.15) is 0 Å². The Bertz CT molecular complexity index is 386. The molecule has 0 saturated carbocycles. The predicted molar refractivity (Wildman–Crippen MR) is 67.9 cm³/mol. The maximum atomic E-state index is 10.9. The van der Waals surface area contributed by atoms with Crippen molar-refractivity contribution >= 4 is 22.8 Å².